The third kappa shape index (κ3) is 4.80. The second-order valence-electron chi connectivity index (χ2n) is 7.37. The van der Waals surface area contributed by atoms with Crippen LogP contribution < -0.4 is 5.32 Å². The van der Waals surface area contributed by atoms with E-state index in [1.807, 2.05) is 24.0 Å². The molecule has 2 saturated heterocycles. The number of hydrogen-bond acceptors (Lipinski definition) is 4. The first-order chi connectivity index (χ1) is 11.6. The van der Waals surface area contributed by atoms with E-state index >= 15 is 0 Å². The molecule has 1 amide bonds. The quantitative estimate of drug-likeness (QED) is 0.858. The molecular formula is C18H30N4O2. The van der Waals surface area contributed by atoms with Gasteiger partial charge in [0.15, 0.2) is 0 Å². The number of carbonyl (C=O) groups excluding carboxylic acids is 1. The van der Waals surface area contributed by atoms with Crippen molar-refractivity contribution in [1.29, 1.82) is 0 Å². The summed E-state index contributed by atoms with van der Waals surface area (Å²) in [4.78, 5) is 14.7. The highest BCUT2D eigenvalue weighted by atomic mass is 16.5. The molecule has 3 rings (SSSR count). The number of piperidine rings is 1. The van der Waals surface area contributed by atoms with Crippen molar-refractivity contribution < 1.29 is 9.53 Å². The Hall–Kier alpha value is -1.40. The van der Waals surface area contributed by atoms with Crippen molar-refractivity contribution in [2.75, 3.05) is 26.2 Å². The van der Waals surface area contributed by atoms with Crippen LogP contribution in [-0.4, -0.2) is 59.0 Å². The SMILES string of the molecule is Cc1cnn(CCC(=O)N[C@@H]2CCN(C[C@@H]3CCCO3)C[C@H]2C)c1. The maximum atomic E-state index is 12.2. The Labute approximate surface area is 144 Å². The molecular weight excluding hydrogens is 304 g/mol. The second-order valence-corrected chi connectivity index (χ2v) is 7.37. The molecule has 1 N–H and O–H groups in total. The number of carbonyl (C=O) groups is 1. The summed E-state index contributed by atoms with van der Waals surface area (Å²) < 4.78 is 7.57. The fourth-order valence-corrected chi connectivity index (χ4v) is 3.77. The maximum absolute atomic E-state index is 12.2. The summed E-state index contributed by atoms with van der Waals surface area (Å²) in [6.45, 7) is 8.95. The van der Waals surface area contributed by atoms with Gasteiger partial charge in [-0.2, -0.15) is 5.10 Å². The van der Waals surface area contributed by atoms with E-state index in [1.165, 1.54) is 12.8 Å². The lowest BCUT2D eigenvalue weighted by atomic mass is 9.93. The summed E-state index contributed by atoms with van der Waals surface area (Å²) in [6.07, 6.45) is 8.12. The van der Waals surface area contributed by atoms with Crippen LogP contribution in [0.25, 0.3) is 0 Å². The topological polar surface area (TPSA) is 59.4 Å². The Bertz CT molecular complexity index is 539. The van der Waals surface area contributed by atoms with E-state index < -0.39 is 0 Å². The first-order valence-corrected chi connectivity index (χ1v) is 9.22. The number of aromatic nitrogens is 2. The second kappa shape index (κ2) is 8.12. The van der Waals surface area contributed by atoms with Crippen LogP contribution in [0.2, 0.25) is 0 Å². The average Bonchev–Trinajstić information content (AvgIpc) is 3.20. The van der Waals surface area contributed by atoms with Gasteiger partial charge >= 0.3 is 0 Å². The van der Waals surface area contributed by atoms with Gasteiger partial charge in [0.25, 0.3) is 0 Å². The van der Waals surface area contributed by atoms with Crippen molar-refractivity contribution in [2.24, 2.45) is 5.92 Å². The summed E-state index contributed by atoms with van der Waals surface area (Å²) in [5.41, 5.74) is 1.13. The molecule has 0 unspecified atom stereocenters. The molecule has 24 heavy (non-hydrogen) atoms. The van der Waals surface area contributed by atoms with Gasteiger partial charge < -0.3 is 15.0 Å². The smallest absolute Gasteiger partial charge is 0.222 e. The molecule has 1 aromatic rings. The van der Waals surface area contributed by atoms with Crippen molar-refractivity contribution in [2.45, 2.75) is 58.2 Å². The number of ether oxygens (including phenoxy) is 1. The van der Waals surface area contributed by atoms with Gasteiger partial charge in [-0.3, -0.25) is 9.48 Å². The molecule has 0 aliphatic carbocycles. The van der Waals surface area contributed by atoms with Gasteiger partial charge in [-0.25, -0.2) is 0 Å². The van der Waals surface area contributed by atoms with Crippen LogP contribution >= 0.6 is 0 Å². The zero-order valence-corrected chi connectivity index (χ0v) is 14.9. The Kier molecular flexibility index (Phi) is 5.89. The van der Waals surface area contributed by atoms with Crippen molar-refractivity contribution >= 4 is 5.91 Å². The standard InChI is InChI=1S/C18H30N4O2/c1-14-10-19-22(11-14)8-6-18(23)20-17-5-7-21(12-15(17)2)13-16-4-3-9-24-16/h10-11,15-17H,3-9,12-13H2,1-2H3,(H,20,23)/t15-,16+,17-/m1/s1. The number of hydrogen-bond donors (Lipinski definition) is 1. The Morgan fingerprint density at radius 1 is 1.46 bits per heavy atom. The Balaban J connectivity index is 1.38. The predicted octanol–water partition coefficient (Wildman–Crippen LogP) is 1.59. The van der Waals surface area contributed by atoms with E-state index in [2.05, 4.69) is 22.2 Å². The fourth-order valence-electron chi connectivity index (χ4n) is 3.77. The molecule has 134 valence electrons. The number of nitrogens with one attached hydrogen (secondary N) is 1. The molecule has 0 spiro atoms. The van der Waals surface area contributed by atoms with E-state index in [0.29, 0.717) is 25.0 Å². The van der Waals surface area contributed by atoms with Crippen molar-refractivity contribution in [3.05, 3.63) is 18.0 Å². The first-order valence-electron chi connectivity index (χ1n) is 9.22. The average molecular weight is 334 g/mol. The van der Waals surface area contributed by atoms with Crippen LogP contribution in [0.5, 0.6) is 0 Å². The summed E-state index contributed by atoms with van der Waals surface area (Å²) in [6, 6.07) is 0.289. The zero-order valence-electron chi connectivity index (χ0n) is 14.9. The Morgan fingerprint density at radius 2 is 2.33 bits per heavy atom. The van der Waals surface area contributed by atoms with Gasteiger partial charge in [0.2, 0.25) is 5.91 Å². The number of likely N-dealkylation sites (tertiary alicyclic amines) is 1. The molecule has 3 heterocycles. The monoisotopic (exact) mass is 334 g/mol. The van der Waals surface area contributed by atoms with E-state index in [1.54, 1.807) is 0 Å². The first kappa shape index (κ1) is 17.4. The third-order valence-corrected chi connectivity index (χ3v) is 5.15. The molecule has 2 fully saturated rings. The molecule has 6 heteroatoms. The minimum absolute atomic E-state index is 0.132. The van der Waals surface area contributed by atoms with Gasteiger partial charge in [-0.05, 0) is 37.7 Å². The van der Waals surface area contributed by atoms with Crippen LogP contribution in [0.15, 0.2) is 12.4 Å². The van der Waals surface area contributed by atoms with E-state index in [0.717, 1.165) is 38.2 Å². The highest BCUT2D eigenvalue weighted by Gasteiger charge is 2.29. The highest BCUT2D eigenvalue weighted by molar-refractivity contribution is 5.76. The number of aryl methyl sites for hydroxylation is 2. The number of rotatable bonds is 6. The summed E-state index contributed by atoms with van der Waals surface area (Å²) in [5.74, 6) is 0.614. The molecule has 0 radical (unpaired) electrons. The summed E-state index contributed by atoms with van der Waals surface area (Å²) in [5, 5.41) is 7.45. The molecule has 6 nitrogen and oxygen atoms in total. The van der Waals surface area contributed by atoms with Crippen molar-refractivity contribution in [3.8, 4) is 0 Å². The lowest BCUT2D eigenvalue weighted by Crippen LogP contribution is -2.51. The molecule has 0 saturated carbocycles. The molecule has 2 aliphatic heterocycles. The molecule has 0 aromatic carbocycles. The van der Waals surface area contributed by atoms with Gasteiger partial charge in [-0.15, -0.1) is 0 Å². The zero-order chi connectivity index (χ0) is 16.9. The van der Waals surface area contributed by atoms with Crippen LogP contribution in [0, 0.1) is 12.8 Å². The highest BCUT2D eigenvalue weighted by Crippen LogP contribution is 2.20. The minimum Gasteiger partial charge on any atom is -0.377 e. The fraction of sp³-hybridized carbons (Fsp3) is 0.778. The normalized spacial score (nSPS) is 28.2. The largest absolute Gasteiger partial charge is 0.377 e. The van der Waals surface area contributed by atoms with Crippen LogP contribution in [0.3, 0.4) is 0 Å². The molecule has 1 aromatic heterocycles. The van der Waals surface area contributed by atoms with Crippen molar-refractivity contribution in [3.63, 3.8) is 0 Å². The van der Waals surface area contributed by atoms with E-state index in [9.17, 15) is 4.79 Å². The van der Waals surface area contributed by atoms with E-state index in [-0.39, 0.29) is 11.9 Å². The van der Waals surface area contributed by atoms with Crippen LogP contribution in [0.4, 0.5) is 0 Å². The van der Waals surface area contributed by atoms with Crippen LogP contribution in [-0.2, 0) is 16.1 Å². The van der Waals surface area contributed by atoms with Gasteiger partial charge in [0.1, 0.15) is 0 Å². The predicted molar refractivity (Wildman–Crippen MR) is 92.7 cm³/mol. The maximum Gasteiger partial charge on any atom is 0.222 e. The molecule has 3 atom stereocenters. The van der Waals surface area contributed by atoms with Crippen LogP contribution in [0.1, 0.15) is 38.2 Å². The number of nitrogens with zero attached hydrogens (tertiary/aromatic N) is 3. The van der Waals surface area contributed by atoms with Crippen molar-refractivity contribution in [1.82, 2.24) is 20.0 Å². The lowest BCUT2D eigenvalue weighted by molar-refractivity contribution is -0.122. The van der Waals surface area contributed by atoms with Gasteiger partial charge in [0.05, 0.1) is 12.3 Å². The molecule has 0 bridgehead atoms. The third-order valence-electron chi connectivity index (χ3n) is 5.15. The molecule has 2 aliphatic rings. The van der Waals surface area contributed by atoms with Gasteiger partial charge in [0, 0.05) is 51.4 Å². The summed E-state index contributed by atoms with van der Waals surface area (Å²) in [7, 11) is 0. The lowest BCUT2D eigenvalue weighted by Gasteiger charge is -2.38. The number of amides is 1. The van der Waals surface area contributed by atoms with E-state index in [4.69, 9.17) is 4.74 Å². The minimum atomic E-state index is 0.132. The van der Waals surface area contributed by atoms with Gasteiger partial charge in [-0.1, -0.05) is 6.92 Å². The summed E-state index contributed by atoms with van der Waals surface area (Å²) >= 11 is 0. The Morgan fingerprint density at radius 3 is 3.00 bits per heavy atom.